The largest absolute Gasteiger partial charge is 0.480 e. The van der Waals surface area contributed by atoms with Crippen molar-refractivity contribution >= 4 is 29.7 Å². The zero-order valence-electron chi connectivity index (χ0n) is 20.5. The molecule has 0 spiro atoms. The molecule has 4 unspecified atom stereocenters. The molecule has 0 fully saturated rings. The van der Waals surface area contributed by atoms with E-state index in [0.29, 0.717) is 0 Å². The summed E-state index contributed by atoms with van der Waals surface area (Å²) in [5.74, 6) is -3.93. The van der Waals surface area contributed by atoms with Gasteiger partial charge >= 0.3 is 5.97 Å². The monoisotopic (exact) mass is 507 g/mol. The minimum Gasteiger partial charge on any atom is -0.480 e. The summed E-state index contributed by atoms with van der Waals surface area (Å²) < 4.78 is 0. The summed E-state index contributed by atoms with van der Waals surface area (Å²) in [6.45, 7) is 2.77. The SMILES string of the molecule is CC(C)C(NC(=O)C(N)Cc1ccccc1)C(=O)NC(CCCN=C(N)N)C(=O)NC(CO)C(=O)O. The first-order chi connectivity index (χ1) is 17.0. The van der Waals surface area contributed by atoms with Gasteiger partial charge in [0.2, 0.25) is 17.7 Å². The normalized spacial score (nSPS) is 14.1. The lowest BCUT2D eigenvalue weighted by atomic mass is 10.0. The van der Waals surface area contributed by atoms with Crippen molar-refractivity contribution in [1.82, 2.24) is 16.0 Å². The van der Waals surface area contributed by atoms with Crippen LogP contribution in [0.25, 0.3) is 0 Å². The van der Waals surface area contributed by atoms with Gasteiger partial charge < -0.3 is 43.4 Å². The Morgan fingerprint density at radius 1 is 0.944 bits per heavy atom. The summed E-state index contributed by atoms with van der Waals surface area (Å²) in [5.41, 5.74) is 17.5. The fourth-order valence-corrected chi connectivity index (χ4v) is 3.25. The highest BCUT2D eigenvalue weighted by Crippen LogP contribution is 2.07. The molecular weight excluding hydrogens is 470 g/mol. The molecule has 13 heteroatoms. The quantitative estimate of drug-likeness (QED) is 0.0729. The Morgan fingerprint density at radius 2 is 1.56 bits per heavy atom. The van der Waals surface area contributed by atoms with E-state index in [0.717, 1.165) is 5.56 Å². The van der Waals surface area contributed by atoms with Crippen LogP contribution >= 0.6 is 0 Å². The van der Waals surface area contributed by atoms with E-state index in [2.05, 4.69) is 20.9 Å². The van der Waals surface area contributed by atoms with Crippen molar-refractivity contribution in [3.8, 4) is 0 Å². The van der Waals surface area contributed by atoms with Crippen LogP contribution in [0.4, 0.5) is 0 Å². The lowest BCUT2D eigenvalue weighted by Crippen LogP contribution is -2.58. The number of aliphatic hydroxyl groups is 1. The van der Waals surface area contributed by atoms with Crippen LogP contribution in [-0.2, 0) is 25.6 Å². The highest BCUT2D eigenvalue weighted by atomic mass is 16.4. The Bertz CT molecular complexity index is 905. The van der Waals surface area contributed by atoms with Gasteiger partial charge in [-0.2, -0.15) is 0 Å². The summed E-state index contributed by atoms with van der Waals surface area (Å²) in [6.07, 6.45) is 0.624. The van der Waals surface area contributed by atoms with Gasteiger partial charge in [0.1, 0.15) is 18.1 Å². The van der Waals surface area contributed by atoms with Gasteiger partial charge in [0.15, 0.2) is 5.96 Å². The molecule has 0 aliphatic rings. The molecule has 0 heterocycles. The smallest absolute Gasteiger partial charge is 0.328 e. The lowest BCUT2D eigenvalue weighted by molar-refractivity contribution is -0.143. The minimum atomic E-state index is -1.55. The van der Waals surface area contributed by atoms with Crippen LogP contribution < -0.4 is 33.2 Å². The van der Waals surface area contributed by atoms with Crippen LogP contribution in [0.15, 0.2) is 35.3 Å². The van der Waals surface area contributed by atoms with Crippen LogP contribution in [0.5, 0.6) is 0 Å². The number of hydrogen-bond donors (Lipinski definition) is 8. The molecule has 1 aromatic carbocycles. The van der Waals surface area contributed by atoms with Crippen molar-refractivity contribution in [2.24, 2.45) is 28.1 Å². The number of amides is 3. The van der Waals surface area contributed by atoms with Crippen LogP contribution in [0, 0.1) is 5.92 Å². The number of carbonyl (C=O) groups excluding carboxylic acids is 3. The first-order valence-corrected chi connectivity index (χ1v) is 11.6. The number of hydrogen-bond acceptors (Lipinski definition) is 7. The molecule has 0 saturated heterocycles. The number of benzene rings is 1. The third-order valence-electron chi connectivity index (χ3n) is 5.26. The zero-order valence-corrected chi connectivity index (χ0v) is 20.5. The number of nitrogens with one attached hydrogen (secondary N) is 3. The molecule has 0 saturated carbocycles. The summed E-state index contributed by atoms with van der Waals surface area (Å²) in [7, 11) is 0. The van der Waals surface area contributed by atoms with Crippen molar-refractivity contribution in [2.75, 3.05) is 13.2 Å². The number of carboxylic acid groups (broad SMARTS) is 1. The molecule has 0 aromatic heterocycles. The maximum Gasteiger partial charge on any atom is 0.328 e. The number of carbonyl (C=O) groups is 4. The third-order valence-corrected chi connectivity index (χ3v) is 5.26. The van der Waals surface area contributed by atoms with Crippen molar-refractivity contribution in [1.29, 1.82) is 0 Å². The van der Waals surface area contributed by atoms with Gasteiger partial charge in [0, 0.05) is 6.54 Å². The van der Waals surface area contributed by atoms with Crippen LogP contribution in [-0.4, -0.2) is 77.2 Å². The minimum absolute atomic E-state index is 0.0679. The highest BCUT2D eigenvalue weighted by Gasteiger charge is 2.31. The average molecular weight is 508 g/mol. The Morgan fingerprint density at radius 3 is 2.08 bits per heavy atom. The van der Waals surface area contributed by atoms with E-state index in [1.54, 1.807) is 13.8 Å². The van der Waals surface area contributed by atoms with Gasteiger partial charge in [-0.05, 0) is 30.7 Å². The van der Waals surface area contributed by atoms with E-state index >= 15 is 0 Å². The van der Waals surface area contributed by atoms with E-state index in [1.165, 1.54) is 0 Å². The summed E-state index contributed by atoms with van der Waals surface area (Å²) >= 11 is 0. The van der Waals surface area contributed by atoms with E-state index in [9.17, 15) is 24.3 Å². The van der Waals surface area contributed by atoms with Crippen molar-refractivity contribution < 1.29 is 29.4 Å². The van der Waals surface area contributed by atoms with Gasteiger partial charge in [-0.1, -0.05) is 44.2 Å². The van der Waals surface area contributed by atoms with Crippen molar-refractivity contribution in [2.45, 2.75) is 57.3 Å². The lowest BCUT2D eigenvalue weighted by Gasteiger charge is -2.27. The van der Waals surface area contributed by atoms with Gasteiger partial charge in [-0.15, -0.1) is 0 Å². The number of aliphatic imine (C=N–C) groups is 1. The van der Waals surface area contributed by atoms with Crippen molar-refractivity contribution in [3.63, 3.8) is 0 Å². The fourth-order valence-electron chi connectivity index (χ4n) is 3.25. The standard InChI is InChI=1S/C23H37N7O6/c1-13(2)18(30-19(32)15(24)11-14-7-4-3-5-8-14)21(34)28-16(9-6-10-27-23(25)26)20(33)29-17(12-31)22(35)36/h3-5,7-8,13,15-18,31H,6,9-12,24H2,1-2H3,(H,28,34)(H,29,33)(H,30,32)(H,35,36)(H4,25,26,27). The Kier molecular flexibility index (Phi) is 12.9. The molecule has 13 nitrogen and oxygen atoms in total. The fraction of sp³-hybridized carbons (Fsp3) is 0.522. The van der Waals surface area contributed by atoms with Crippen LogP contribution in [0.3, 0.4) is 0 Å². The Balaban J connectivity index is 2.92. The topological polar surface area (TPSA) is 235 Å². The molecule has 1 aromatic rings. The molecule has 0 radical (unpaired) electrons. The molecule has 0 aliphatic heterocycles. The molecule has 1 rings (SSSR count). The number of nitrogens with zero attached hydrogens (tertiary/aromatic N) is 1. The van der Waals surface area contributed by atoms with Gasteiger partial charge in [-0.25, -0.2) is 4.79 Å². The number of aliphatic carboxylic acids is 1. The highest BCUT2D eigenvalue weighted by molar-refractivity contribution is 5.94. The van der Waals surface area contributed by atoms with E-state index in [-0.39, 0.29) is 37.7 Å². The molecule has 4 atom stereocenters. The van der Waals surface area contributed by atoms with Gasteiger partial charge in [-0.3, -0.25) is 19.4 Å². The first kappa shape index (κ1) is 30.3. The maximum atomic E-state index is 13.1. The van der Waals surface area contributed by atoms with Gasteiger partial charge in [0.05, 0.1) is 12.6 Å². The number of aliphatic hydroxyl groups excluding tert-OH is 1. The van der Waals surface area contributed by atoms with E-state index < -0.39 is 54.5 Å². The molecule has 200 valence electrons. The average Bonchev–Trinajstić information content (AvgIpc) is 2.82. The summed E-state index contributed by atoms with van der Waals surface area (Å²) in [4.78, 5) is 53.5. The van der Waals surface area contributed by atoms with Crippen molar-refractivity contribution in [3.05, 3.63) is 35.9 Å². The van der Waals surface area contributed by atoms with Crippen LogP contribution in [0.1, 0.15) is 32.3 Å². The zero-order chi connectivity index (χ0) is 27.3. The molecule has 0 bridgehead atoms. The number of rotatable bonds is 15. The summed E-state index contributed by atoms with van der Waals surface area (Å²) in [5, 5.41) is 25.7. The molecule has 3 amide bonds. The Hall–Kier alpha value is -3.71. The number of carboxylic acids is 1. The predicted molar refractivity (Wildman–Crippen MR) is 133 cm³/mol. The third kappa shape index (κ3) is 10.7. The van der Waals surface area contributed by atoms with E-state index in [4.69, 9.17) is 22.3 Å². The number of guanidine groups is 1. The van der Waals surface area contributed by atoms with Crippen LogP contribution in [0.2, 0.25) is 0 Å². The second-order valence-corrected chi connectivity index (χ2v) is 8.62. The Labute approximate surface area is 209 Å². The summed E-state index contributed by atoms with van der Waals surface area (Å²) in [6, 6.07) is 4.54. The van der Waals surface area contributed by atoms with E-state index in [1.807, 2.05) is 30.3 Å². The number of nitrogens with two attached hydrogens (primary N) is 3. The molecule has 11 N–H and O–H groups in total. The van der Waals surface area contributed by atoms with Gasteiger partial charge in [0.25, 0.3) is 0 Å². The first-order valence-electron chi connectivity index (χ1n) is 11.6. The predicted octanol–water partition coefficient (Wildman–Crippen LogP) is -2.20. The molecular formula is C23H37N7O6. The maximum absolute atomic E-state index is 13.1. The second-order valence-electron chi connectivity index (χ2n) is 8.62. The molecule has 36 heavy (non-hydrogen) atoms. The second kappa shape index (κ2) is 15.3. The molecule has 0 aliphatic carbocycles.